The van der Waals surface area contributed by atoms with Crippen LogP contribution in [0.15, 0.2) is 29.2 Å². The summed E-state index contributed by atoms with van der Waals surface area (Å²) in [6, 6.07) is 4.36. The van der Waals surface area contributed by atoms with Gasteiger partial charge in [-0.05, 0) is 37.5 Å². The Bertz CT molecular complexity index is 700. The average molecular weight is 356 g/mol. The molecule has 1 aromatic rings. The molecule has 0 unspecified atom stereocenters. The quantitative estimate of drug-likeness (QED) is 0.735. The molecule has 0 saturated heterocycles. The fourth-order valence-corrected chi connectivity index (χ4v) is 3.33. The minimum Gasteiger partial charge on any atom is -0.480 e. The SMILES string of the molecule is CCN(C)C(=O)c1cccc(S(=O)(=O)N[C@@H](CC(C)C)C(=O)O)c1. The third-order valence-corrected chi connectivity index (χ3v) is 4.98. The molecule has 0 bridgehead atoms. The predicted molar refractivity (Wildman–Crippen MR) is 90.3 cm³/mol. The van der Waals surface area contributed by atoms with Crippen molar-refractivity contribution in [3.8, 4) is 0 Å². The molecule has 1 aromatic carbocycles. The smallest absolute Gasteiger partial charge is 0.321 e. The molecule has 24 heavy (non-hydrogen) atoms. The molecule has 1 atom stereocenters. The first-order valence-electron chi connectivity index (χ1n) is 7.69. The number of nitrogens with one attached hydrogen (secondary N) is 1. The lowest BCUT2D eigenvalue weighted by atomic mass is 10.1. The van der Waals surface area contributed by atoms with Crippen molar-refractivity contribution < 1.29 is 23.1 Å². The number of carbonyl (C=O) groups excluding carboxylic acids is 1. The molecule has 0 radical (unpaired) electrons. The molecule has 1 rings (SSSR count). The fourth-order valence-electron chi connectivity index (χ4n) is 2.09. The summed E-state index contributed by atoms with van der Waals surface area (Å²) in [5.74, 6) is -1.52. The van der Waals surface area contributed by atoms with Gasteiger partial charge in [-0.15, -0.1) is 0 Å². The molecule has 134 valence electrons. The second-order valence-electron chi connectivity index (χ2n) is 5.99. The Hall–Kier alpha value is -1.93. The van der Waals surface area contributed by atoms with Crippen molar-refractivity contribution in [1.29, 1.82) is 0 Å². The van der Waals surface area contributed by atoms with E-state index >= 15 is 0 Å². The molecule has 7 nitrogen and oxygen atoms in total. The highest BCUT2D eigenvalue weighted by molar-refractivity contribution is 7.89. The van der Waals surface area contributed by atoms with Crippen LogP contribution in [0.3, 0.4) is 0 Å². The van der Waals surface area contributed by atoms with Crippen LogP contribution < -0.4 is 4.72 Å². The van der Waals surface area contributed by atoms with Crippen molar-refractivity contribution in [1.82, 2.24) is 9.62 Å². The predicted octanol–water partition coefficient (Wildman–Crippen LogP) is 1.56. The highest BCUT2D eigenvalue weighted by Crippen LogP contribution is 2.15. The van der Waals surface area contributed by atoms with E-state index in [9.17, 15) is 23.1 Å². The van der Waals surface area contributed by atoms with Crippen LogP contribution in [0.1, 0.15) is 37.6 Å². The molecule has 0 heterocycles. The van der Waals surface area contributed by atoms with E-state index in [-0.39, 0.29) is 28.7 Å². The number of aliphatic carboxylic acids is 1. The van der Waals surface area contributed by atoms with Crippen molar-refractivity contribution in [3.05, 3.63) is 29.8 Å². The number of amides is 1. The fraction of sp³-hybridized carbons (Fsp3) is 0.500. The van der Waals surface area contributed by atoms with Gasteiger partial charge in [0.05, 0.1) is 4.90 Å². The van der Waals surface area contributed by atoms with E-state index in [2.05, 4.69) is 4.72 Å². The van der Waals surface area contributed by atoms with Crippen LogP contribution in [0.2, 0.25) is 0 Å². The summed E-state index contributed by atoms with van der Waals surface area (Å²) < 4.78 is 27.1. The van der Waals surface area contributed by atoms with Crippen LogP contribution in [0.4, 0.5) is 0 Å². The summed E-state index contributed by atoms with van der Waals surface area (Å²) in [5, 5.41) is 9.19. The summed E-state index contributed by atoms with van der Waals surface area (Å²) in [6.45, 7) is 5.92. The highest BCUT2D eigenvalue weighted by atomic mass is 32.2. The zero-order chi connectivity index (χ0) is 18.5. The van der Waals surface area contributed by atoms with Gasteiger partial charge in [0, 0.05) is 19.2 Å². The number of rotatable bonds is 8. The number of hydrogen-bond acceptors (Lipinski definition) is 4. The van der Waals surface area contributed by atoms with E-state index in [0.717, 1.165) is 0 Å². The van der Waals surface area contributed by atoms with Crippen LogP contribution in [-0.2, 0) is 14.8 Å². The Morgan fingerprint density at radius 1 is 1.29 bits per heavy atom. The average Bonchev–Trinajstić information content (AvgIpc) is 2.52. The van der Waals surface area contributed by atoms with Gasteiger partial charge in [0.1, 0.15) is 6.04 Å². The van der Waals surface area contributed by atoms with E-state index in [0.29, 0.717) is 6.54 Å². The molecule has 0 aliphatic heterocycles. The van der Waals surface area contributed by atoms with E-state index < -0.39 is 22.0 Å². The van der Waals surface area contributed by atoms with Crippen LogP contribution in [0.5, 0.6) is 0 Å². The highest BCUT2D eigenvalue weighted by Gasteiger charge is 2.26. The van der Waals surface area contributed by atoms with Gasteiger partial charge in [0.2, 0.25) is 10.0 Å². The van der Waals surface area contributed by atoms with Crippen molar-refractivity contribution in [3.63, 3.8) is 0 Å². The second-order valence-corrected chi connectivity index (χ2v) is 7.70. The van der Waals surface area contributed by atoms with Crippen molar-refractivity contribution >= 4 is 21.9 Å². The zero-order valence-electron chi connectivity index (χ0n) is 14.3. The summed E-state index contributed by atoms with van der Waals surface area (Å²) >= 11 is 0. The Kier molecular flexibility index (Phi) is 6.92. The second kappa shape index (κ2) is 8.25. The van der Waals surface area contributed by atoms with E-state index in [1.54, 1.807) is 7.05 Å². The van der Waals surface area contributed by atoms with Crippen molar-refractivity contribution in [2.45, 2.75) is 38.1 Å². The van der Waals surface area contributed by atoms with Gasteiger partial charge in [-0.2, -0.15) is 4.72 Å². The van der Waals surface area contributed by atoms with Crippen LogP contribution in [-0.4, -0.2) is 49.9 Å². The number of benzene rings is 1. The van der Waals surface area contributed by atoms with Crippen LogP contribution in [0, 0.1) is 5.92 Å². The number of nitrogens with zero attached hydrogens (tertiary/aromatic N) is 1. The first-order chi connectivity index (χ1) is 11.1. The minimum absolute atomic E-state index is 0.0138. The third kappa shape index (κ3) is 5.31. The largest absolute Gasteiger partial charge is 0.480 e. The van der Waals surface area contributed by atoms with E-state index in [1.165, 1.54) is 29.2 Å². The molecule has 0 fully saturated rings. The van der Waals surface area contributed by atoms with Gasteiger partial charge in [-0.25, -0.2) is 8.42 Å². The molecule has 0 aliphatic carbocycles. The van der Waals surface area contributed by atoms with Gasteiger partial charge in [-0.1, -0.05) is 19.9 Å². The molecule has 1 amide bonds. The maximum atomic E-state index is 12.4. The maximum absolute atomic E-state index is 12.4. The summed E-state index contributed by atoms with van der Waals surface area (Å²) in [4.78, 5) is 24.7. The lowest BCUT2D eigenvalue weighted by molar-refractivity contribution is -0.139. The topological polar surface area (TPSA) is 104 Å². The van der Waals surface area contributed by atoms with Crippen molar-refractivity contribution in [2.24, 2.45) is 5.92 Å². The number of carboxylic acid groups (broad SMARTS) is 1. The van der Waals surface area contributed by atoms with Gasteiger partial charge in [0.15, 0.2) is 0 Å². The lowest BCUT2D eigenvalue weighted by Gasteiger charge is -2.18. The number of sulfonamides is 1. The molecule has 0 saturated carbocycles. The number of hydrogen-bond donors (Lipinski definition) is 2. The van der Waals surface area contributed by atoms with Gasteiger partial charge in [-0.3, -0.25) is 9.59 Å². The van der Waals surface area contributed by atoms with Gasteiger partial charge >= 0.3 is 5.97 Å². The Morgan fingerprint density at radius 3 is 2.42 bits per heavy atom. The molecule has 0 aliphatic rings. The zero-order valence-corrected chi connectivity index (χ0v) is 15.1. The molecule has 0 aromatic heterocycles. The molecular formula is C16H24N2O5S. The molecule has 2 N–H and O–H groups in total. The monoisotopic (exact) mass is 356 g/mol. The first-order valence-corrected chi connectivity index (χ1v) is 9.17. The standard InChI is InChI=1S/C16H24N2O5S/c1-5-18(4)15(19)12-7-6-8-13(10-12)24(22,23)17-14(16(20)21)9-11(2)3/h6-8,10-11,14,17H,5,9H2,1-4H3,(H,20,21)/t14-/m0/s1. The Balaban J connectivity index is 3.10. The number of carbonyl (C=O) groups is 2. The maximum Gasteiger partial charge on any atom is 0.321 e. The third-order valence-electron chi connectivity index (χ3n) is 3.51. The van der Waals surface area contributed by atoms with Crippen LogP contribution in [0.25, 0.3) is 0 Å². The normalized spacial score (nSPS) is 12.9. The Labute approximate surface area is 142 Å². The molecular weight excluding hydrogens is 332 g/mol. The Morgan fingerprint density at radius 2 is 1.92 bits per heavy atom. The minimum atomic E-state index is -4.04. The summed E-state index contributed by atoms with van der Waals surface area (Å²) in [7, 11) is -2.42. The van der Waals surface area contributed by atoms with Gasteiger partial charge in [0.25, 0.3) is 5.91 Å². The van der Waals surface area contributed by atoms with E-state index in [1.807, 2.05) is 20.8 Å². The summed E-state index contributed by atoms with van der Waals surface area (Å²) in [6.07, 6.45) is 0.172. The number of carboxylic acids is 1. The molecule has 0 spiro atoms. The summed E-state index contributed by atoms with van der Waals surface area (Å²) in [5.41, 5.74) is 0.234. The van der Waals surface area contributed by atoms with Gasteiger partial charge < -0.3 is 10.0 Å². The van der Waals surface area contributed by atoms with Crippen molar-refractivity contribution in [2.75, 3.05) is 13.6 Å². The van der Waals surface area contributed by atoms with E-state index in [4.69, 9.17) is 0 Å². The lowest BCUT2D eigenvalue weighted by Crippen LogP contribution is -2.41. The molecule has 8 heteroatoms. The van der Waals surface area contributed by atoms with Crippen LogP contribution >= 0.6 is 0 Å². The first kappa shape index (κ1) is 20.1.